The van der Waals surface area contributed by atoms with E-state index in [0.29, 0.717) is 19.6 Å². The molecule has 370 valence electrons. The van der Waals surface area contributed by atoms with Crippen LogP contribution in [0.25, 0.3) is 0 Å². The number of rotatable bonds is 15. The average Bonchev–Trinajstić information content (AvgIpc) is 3.34. The predicted molar refractivity (Wildman–Crippen MR) is 289 cm³/mol. The molecule has 0 aromatic heterocycles. The van der Waals surface area contributed by atoms with Gasteiger partial charge in [0.1, 0.15) is 0 Å². The van der Waals surface area contributed by atoms with Crippen molar-refractivity contribution in [2.24, 2.45) is 17.2 Å². The van der Waals surface area contributed by atoms with Crippen LogP contribution in [0.5, 0.6) is 0 Å². The van der Waals surface area contributed by atoms with E-state index >= 15 is 0 Å². The Morgan fingerprint density at radius 2 is 0.388 bits per heavy atom. The standard InChI is InChI=1S/C60H95N7/c1-14-38-37(13)39(15-2)54-30-65-32-56-41(17-4)51(27-62)43(19-6)58(48(56)24-11)34-67-36-60-45(21-8)52(28-63)44(20-7)59(49(60)25-12)35-66-33-57-42(18-5)50(26-61)40(16-3)55(47(57)23-10)31-64-29-53(38)46(54)22-9/h64-67H,14-36,61-63H2,1-13H3. The van der Waals surface area contributed by atoms with Crippen LogP contribution in [0.15, 0.2) is 0 Å². The third-order valence-corrected chi connectivity index (χ3v) is 16.2. The highest BCUT2D eigenvalue weighted by Crippen LogP contribution is 2.36. The first-order valence-electron chi connectivity index (χ1n) is 27.2. The lowest BCUT2D eigenvalue weighted by Gasteiger charge is -2.29. The lowest BCUT2D eigenvalue weighted by molar-refractivity contribution is 0.634. The molecule has 0 saturated carbocycles. The number of fused-ring (bicyclic) bond motifs is 8. The molecule has 4 aromatic rings. The Morgan fingerprint density at radius 1 is 0.239 bits per heavy atom. The summed E-state index contributed by atoms with van der Waals surface area (Å²) in [7, 11) is 0. The van der Waals surface area contributed by atoms with Crippen LogP contribution >= 0.6 is 0 Å². The van der Waals surface area contributed by atoms with Gasteiger partial charge in [-0.3, -0.25) is 0 Å². The second-order valence-electron chi connectivity index (χ2n) is 18.9. The molecule has 0 radical (unpaired) electrons. The molecule has 7 nitrogen and oxygen atoms in total. The minimum Gasteiger partial charge on any atom is -0.326 e. The molecule has 1 aliphatic heterocycles. The third kappa shape index (κ3) is 10.7. The van der Waals surface area contributed by atoms with Crippen LogP contribution < -0.4 is 38.5 Å². The van der Waals surface area contributed by atoms with Gasteiger partial charge in [0.15, 0.2) is 0 Å². The first-order chi connectivity index (χ1) is 32.6. The van der Waals surface area contributed by atoms with Crippen LogP contribution in [0.3, 0.4) is 0 Å². The molecule has 0 aliphatic carbocycles. The lowest BCUT2D eigenvalue weighted by Crippen LogP contribution is -2.27. The van der Waals surface area contributed by atoms with Crippen molar-refractivity contribution < 1.29 is 0 Å². The van der Waals surface area contributed by atoms with Crippen LogP contribution in [0, 0.1) is 6.92 Å². The number of benzene rings is 4. The number of nitrogens with one attached hydrogen (secondary N) is 4. The van der Waals surface area contributed by atoms with Crippen molar-refractivity contribution in [3.05, 3.63) is 134 Å². The monoisotopic (exact) mass is 914 g/mol. The van der Waals surface area contributed by atoms with Gasteiger partial charge in [-0.15, -0.1) is 0 Å². The summed E-state index contributed by atoms with van der Waals surface area (Å²) >= 11 is 0. The van der Waals surface area contributed by atoms with Gasteiger partial charge in [-0.1, -0.05) is 83.1 Å². The smallest absolute Gasteiger partial charge is 0.0214 e. The first kappa shape index (κ1) is 54.5. The Morgan fingerprint density at radius 3 is 0.522 bits per heavy atom. The van der Waals surface area contributed by atoms with E-state index in [1.165, 1.54) is 134 Å². The van der Waals surface area contributed by atoms with Crippen molar-refractivity contribution in [3.63, 3.8) is 0 Å². The lowest BCUT2D eigenvalue weighted by atomic mass is 9.81. The van der Waals surface area contributed by atoms with E-state index < -0.39 is 0 Å². The van der Waals surface area contributed by atoms with Crippen molar-refractivity contribution in [1.29, 1.82) is 0 Å². The minimum atomic E-state index is 0.558. The molecular formula is C60H95N7. The molecule has 10 N–H and O–H groups in total. The van der Waals surface area contributed by atoms with E-state index in [4.69, 9.17) is 17.2 Å². The predicted octanol–water partition coefficient (Wildman–Crippen LogP) is 10.6. The van der Waals surface area contributed by atoms with Crippen LogP contribution in [-0.4, -0.2) is 0 Å². The van der Waals surface area contributed by atoms with Crippen molar-refractivity contribution in [2.75, 3.05) is 0 Å². The van der Waals surface area contributed by atoms with E-state index in [2.05, 4.69) is 111 Å². The maximum absolute atomic E-state index is 6.77. The summed E-state index contributed by atoms with van der Waals surface area (Å²) in [4.78, 5) is 0. The van der Waals surface area contributed by atoms with Gasteiger partial charge in [0.2, 0.25) is 0 Å². The fraction of sp³-hybridized carbons (Fsp3) is 0.600. The zero-order valence-electron chi connectivity index (χ0n) is 45.0. The zero-order chi connectivity index (χ0) is 48.9. The molecule has 1 aliphatic rings. The maximum Gasteiger partial charge on any atom is 0.0214 e. The Balaban J connectivity index is 1.80. The van der Waals surface area contributed by atoms with Gasteiger partial charge in [0.05, 0.1) is 0 Å². The van der Waals surface area contributed by atoms with Crippen molar-refractivity contribution in [2.45, 2.75) is 239 Å². The summed E-state index contributed by atoms with van der Waals surface area (Å²) in [5.74, 6) is 0. The molecule has 4 aromatic carbocycles. The van der Waals surface area contributed by atoms with Crippen LogP contribution in [0.1, 0.15) is 217 Å². The van der Waals surface area contributed by atoms with E-state index in [1.54, 1.807) is 0 Å². The topological polar surface area (TPSA) is 126 Å². The van der Waals surface area contributed by atoms with Gasteiger partial charge in [0.25, 0.3) is 0 Å². The molecule has 8 bridgehead atoms. The first-order valence-corrected chi connectivity index (χ1v) is 27.2. The van der Waals surface area contributed by atoms with Crippen molar-refractivity contribution in [3.8, 4) is 0 Å². The number of nitrogens with two attached hydrogens (primary N) is 3. The van der Waals surface area contributed by atoms with Crippen LogP contribution in [0.4, 0.5) is 0 Å². The minimum absolute atomic E-state index is 0.558. The molecular weight excluding hydrogens is 819 g/mol. The summed E-state index contributed by atoms with van der Waals surface area (Å²) in [5, 5.41) is 16.4. The highest BCUT2D eigenvalue weighted by Gasteiger charge is 2.26. The second kappa shape index (κ2) is 26.0. The van der Waals surface area contributed by atoms with Crippen molar-refractivity contribution >= 4 is 0 Å². The largest absolute Gasteiger partial charge is 0.326 e. The Hall–Kier alpha value is -3.40. The number of hydrogen-bond acceptors (Lipinski definition) is 7. The summed E-state index contributed by atoms with van der Waals surface area (Å²) in [6, 6.07) is 0. The number of hydrogen-bond donors (Lipinski definition) is 7. The third-order valence-electron chi connectivity index (χ3n) is 16.2. The van der Waals surface area contributed by atoms with Gasteiger partial charge in [-0.25, -0.2) is 0 Å². The van der Waals surface area contributed by atoms with Gasteiger partial charge in [0, 0.05) is 72.0 Å². The normalized spacial score (nSPS) is 14.1. The molecule has 0 amide bonds. The van der Waals surface area contributed by atoms with Crippen LogP contribution in [0.2, 0.25) is 0 Å². The Labute approximate surface area is 409 Å². The van der Waals surface area contributed by atoms with Crippen LogP contribution in [-0.2, 0) is 149 Å². The summed E-state index contributed by atoms with van der Waals surface area (Å²) in [6.07, 6.45) is 11.9. The molecule has 1 heterocycles. The summed E-state index contributed by atoms with van der Waals surface area (Å²) < 4.78 is 0. The molecule has 0 saturated heterocycles. The van der Waals surface area contributed by atoms with E-state index in [1.807, 2.05) is 0 Å². The molecule has 5 rings (SSSR count). The molecule has 7 heteroatoms. The second-order valence-corrected chi connectivity index (χ2v) is 18.9. The Bertz CT molecular complexity index is 2170. The van der Waals surface area contributed by atoms with Gasteiger partial charge < -0.3 is 38.5 Å². The molecule has 0 atom stereocenters. The fourth-order valence-corrected chi connectivity index (χ4v) is 13.4. The molecule has 0 spiro atoms. The Kier molecular flexibility index (Phi) is 21.2. The highest BCUT2D eigenvalue weighted by atomic mass is 14.9. The van der Waals surface area contributed by atoms with E-state index in [0.717, 1.165) is 129 Å². The van der Waals surface area contributed by atoms with E-state index in [-0.39, 0.29) is 0 Å². The quantitative estimate of drug-likeness (QED) is 0.0633. The SMILES string of the molecule is CCc1c(C)c(CC)c2c(CC)c1CNCc1c(CC)c(CN)c(CC)c(c1CC)CNCc1c(CC)c(CN)c(CC)c(c1CC)CNCc1c(CC)c(CN)c(CC)c(c1CC)CNC2. The molecule has 0 unspecified atom stereocenters. The van der Waals surface area contributed by atoms with Gasteiger partial charge >= 0.3 is 0 Å². The molecule has 0 fully saturated rings. The fourth-order valence-electron chi connectivity index (χ4n) is 13.4. The highest BCUT2D eigenvalue weighted by molar-refractivity contribution is 5.57. The molecule has 67 heavy (non-hydrogen) atoms. The van der Waals surface area contributed by atoms with Gasteiger partial charge in [-0.05, 0) is 217 Å². The van der Waals surface area contributed by atoms with E-state index in [9.17, 15) is 0 Å². The van der Waals surface area contributed by atoms with Crippen molar-refractivity contribution in [1.82, 2.24) is 21.3 Å². The zero-order valence-corrected chi connectivity index (χ0v) is 45.0. The summed E-state index contributed by atoms with van der Waals surface area (Å²) in [6.45, 7) is 38.8. The van der Waals surface area contributed by atoms with Gasteiger partial charge in [-0.2, -0.15) is 0 Å². The maximum atomic E-state index is 6.77. The summed E-state index contributed by atoms with van der Waals surface area (Å²) in [5.41, 5.74) is 55.4. The average molecular weight is 914 g/mol.